The summed E-state index contributed by atoms with van der Waals surface area (Å²) in [5.74, 6) is 0.501. The van der Waals surface area contributed by atoms with Gasteiger partial charge in [0.15, 0.2) is 0 Å². The minimum atomic E-state index is 0.501. The van der Waals surface area contributed by atoms with E-state index in [4.69, 9.17) is 0 Å². The zero-order valence-corrected chi connectivity index (χ0v) is 12.7. The fourth-order valence-electron chi connectivity index (χ4n) is 2.43. The van der Waals surface area contributed by atoms with Gasteiger partial charge in [-0.15, -0.1) is 0 Å². The maximum Gasteiger partial charge on any atom is 0.132 e. The van der Waals surface area contributed by atoms with Gasteiger partial charge in [-0.05, 0) is 25.7 Å². The van der Waals surface area contributed by atoms with Gasteiger partial charge in [-0.3, -0.25) is 4.79 Å². The molecule has 0 unspecified atom stereocenters. The summed E-state index contributed by atoms with van der Waals surface area (Å²) < 4.78 is 0. The van der Waals surface area contributed by atoms with E-state index in [9.17, 15) is 4.79 Å². The molecule has 1 saturated heterocycles. The third-order valence-corrected chi connectivity index (χ3v) is 3.71. The molecule has 20 heavy (non-hydrogen) atoms. The fraction of sp³-hybridized carbons (Fsp3) is 0.938. The van der Waals surface area contributed by atoms with Crippen molar-refractivity contribution in [2.75, 3.05) is 13.2 Å². The van der Waals surface area contributed by atoms with Crippen molar-refractivity contribution in [3.05, 3.63) is 0 Å². The molecule has 4 nitrogen and oxygen atoms in total. The molecule has 2 rings (SSSR count). The van der Waals surface area contributed by atoms with E-state index in [1.165, 1.54) is 44.9 Å². The Balaban J connectivity index is 0.000000240. The minimum Gasteiger partial charge on any atom is -0.300 e. The van der Waals surface area contributed by atoms with Gasteiger partial charge in [-0.2, -0.15) is 0 Å². The van der Waals surface area contributed by atoms with E-state index in [2.05, 4.69) is 14.8 Å². The quantitative estimate of drug-likeness (QED) is 0.614. The van der Waals surface area contributed by atoms with Gasteiger partial charge in [-0.25, -0.2) is 9.78 Å². The molecule has 0 spiro atoms. The van der Waals surface area contributed by atoms with Crippen molar-refractivity contribution in [2.24, 2.45) is 0 Å². The van der Waals surface area contributed by atoms with Crippen molar-refractivity contribution in [3.8, 4) is 0 Å². The Hall–Kier alpha value is -0.450. The molecular formula is C16H30O4. The van der Waals surface area contributed by atoms with E-state index in [-0.39, 0.29) is 0 Å². The van der Waals surface area contributed by atoms with Gasteiger partial charge >= 0.3 is 0 Å². The van der Waals surface area contributed by atoms with E-state index in [1.54, 1.807) is 0 Å². The van der Waals surface area contributed by atoms with E-state index in [0.29, 0.717) is 19.0 Å². The summed E-state index contributed by atoms with van der Waals surface area (Å²) >= 11 is 0. The molecule has 0 radical (unpaired) electrons. The lowest BCUT2D eigenvalue weighted by Gasteiger charge is -2.05. The standard InChI is InChI=1S/C12H22O.C4H8O3/c13-12-10-8-6-4-2-1-3-5-7-9-11-12;1-2-4-6-7-5-3-1/h1-11H2;1-4H2. The molecule has 0 aromatic carbocycles. The van der Waals surface area contributed by atoms with Crippen LogP contribution in [0.4, 0.5) is 0 Å². The Bertz CT molecular complexity index is 197. The Morgan fingerprint density at radius 3 is 1.40 bits per heavy atom. The summed E-state index contributed by atoms with van der Waals surface area (Å²) in [4.78, 5) is 20.2. The first kappa shape index (κ1) is 17.6. The van der Waals surface area contributed by atoms with Crippen LogP contribution in [0.25, 0.3) is 0 Å². The number of hydrogen-bond donors (Lipinski definition) is 0. The third-order valence-electron chi connectivity index (χ3n) is 3.71. The smallest absolute Gasteiger partial charge is 0.132 e. The Morgan fingerprint density at radius 2 is 0.950 bits per heavy atom. The van der Waals surface area contributed by atoms with Crippen LogP contribution < -0.4 is 0 Å². The molecule has 1 heterocycles. The van der Waals surface area contributed by atoms with Crippen LogP contribution in [-0.4, -0.2) is 19.0 Å². The molecule has 0 aromatic heterocycles. The van der Waals surface area contributed by atoms with Crippen molar-refractivity contribution in [3.63, 3.8) is 0 Å². The lowest BCUT2D eigenvalue weighted by atomic mass is 10.0. The molecule has 0 aromatic rings. The molecule has 1 aliphatic heterocycles. The van der Waals surface area contributed by atoms with Crippen LogP contribution in [0.1, 0.15) is 83.5 Å². The second-order valence-corrected chi connectivity index (χ2v) is 5.64. The summed E-state index contributed by atoms with van der Waals surface area (Å²) in [5, 5.41) is 4.19. The second-order valence-electron chi connectivity index (χ2n) is 5.64. The summed E-state index contributed by atoms with van der Waals surface area (Å²) in [7, 11) is 0. The number of carbonyl (C=O) groups is 1. The molecule has 0 N–H and O–H groups in total. The number of carbonyl (C=O) groups excluding carboxylic acids is 1. The zero-order valence-electron chi connectivity index (χ0n) is 12.7. The molecular weight excluding hydrogens is 256 g/mol. The van der Waals surface area contributed by atoms with Crippen LogP contribution in [0.2, 0.25) is 0 Å². The van der Waals surface area contributed by atoms with Crippen molar-refractivity contribution in [1.82, 2.24) is 0 Å². The average molecular weight is 286 g/mol. The molecule has 1 saturated carbocycles. The highest BCUT2D eigenvalue weighted by Crippen LogP contribution is 2.14. The lowest BCUT2D eigenvalue weighted by molar-refractivity contribution is -0.504. The van der Waals surface area contributed by atoms with E-state index in [1.807, 2.05) is 0 Å². The monoisotopic (exact) mass is 286 g/mol. The van der Waals surface area contributed by atoms with Crippen LogP contribution in [0.15, 0.2) is 0 Å². The lowest BCUT2D eigenvalue weighted by Crippen LogP contribution is -1.98. The van der Waals surface area contributed by atoms with Gasteiger partial charge in [-0.1, -0.05) is 50.0 Å². The van der Waals surface area contributed by atoms with E-state index in [0.717, 1.165) is 38.5 Å². The first-order valence-corrected chi connectivity index (χ1v) is 8.32. The van der Waals surface area contributed by atoms with Gasteiger partial charge in [0.1, 0.15) is 5.78 Å². The van der Waals surface area contributed by atoms with Crippen LogP contribution >= 0.6 is 0 Å². The molecule has 0 bridgehead atoms. The Labute approximate surface area is 123 Å². The Morgan fingerprint density at radius 1 is 0.550 bits per heavy atom. The van der Waals surface area contributed by atoms with Gasteiger partial charge in [0.05, 0.1) is 13.2 Å². The third kappa shape index (κ3) is 11.4. The summed E-state index contributed by atoms with van der Waals surface area (Å²) in [6.07, 6.45) is 15.4. The summed E-state index contributed by atoms with van der Waals surface area (Å²) in [5.41, 5.74) is 0. The zero-order chi connectivity index (χ0) is 14.3. The van der Waals surface area contributed by atoms with Crippen LogP contribution in [0, 0.1) is 0 Å². The van der Waals surface area contributed by atoms with Crippen molar-refractivity contribution in [2.45, 2.75) is 83.5 Å². The van der Waals surface area contributed by atoms with Crippen molar-refractivity contribution < 1.29 is 19.6 Å². The number of Topliss-reactive ketones (excluding diaryl/α,β-unsaturated/α-hetero) is 1. The van der Waals surface area contributed by atoms with Gasteiger partial charge < -0.3 is 0 Å². The molecule has 1 aliphatic carbocycles. The maximum atomic E-state index is 11.3. The topological polar surface area (TPSA) is 44.8 Å². The second kappa shape index (κ2) is 13.5. The van der Waals surface area contributed by atoms with Gasteiger partial charge in [0, 0.05) is 12.8 Å². The molecule has 2 aliphatic rings. The summed E-state index contributed by atoms with van der Waals surface area (Å²) in [6.45, 7) is 1.31. The van der Waals surface area contributed by atoms with Gasteiger partial charge in [0.25, 0.3) is 0 Å². The first-order chi connectivity index (χ1) is 9.89. The van der Waals surface area contributed by atoms with E-state index >= 15 is 0 Å². The highest BCUT2D eigenvalue weighted by atomic mass is 17.5. The number of ketones is 1. The number of hydrogen-bond acceptors (Lipinski definition) is 4. The van der Waals surface area contributed by atoms with Gasteiger partial charge in [0.2, 0.25) is 0 Å². The predicted molar refractivity (Wildman–Crippen MR) is 78.0 cm³/mol. The van der Waals surface area contributed by atoms with Crippen LogP contribution in [-0.2, 0) is 19.6 Å². The van der Waals surface area contributed by atoms with Crippen molar-refractivity contribution in [1.29, 1.82) is 0 Å². The normalized spacial score (nSPS) is 23.5. The predicted octanol–water partition coefficient (Wildman–Crippen LogP) is 4.52. The fourth-order valence-corrected chi connectivity index (χ4v) is 2.43. The molecule has 118 valence electrons. The largest absolute Gasteiger partial charge is 0.300 e. The average Bonchev–Trinajstić information content (AvgIpc) is 2.76. The van der Waals surface area contributed by atoms with Crippen LogP contribution in [0.5, 0.6) is 0 Å². The summed E-state index contributed by atoms with van der Waals surface area (Å²) in [6, 6.07) is 0. The number of rotatable bonds is 0. The van der Waals surface area contributed by atoms with E-state index < -0.39 is 0 Å². The molecule has 2 fully saturated rings. The Kier molecular flexibility index (Phi) is 11.9. The molecule has 0 amide bonds. The molecule has 4 heteroatoms. The highest BCUT2D eigenvalue weighted by molar-refractivity contribution is 5.78. The first-order valence-electron chi connectivity index (χ1n) is 8.32. The van der Waals surface area contributed by atoms with Crippen molar-refractivity contribution >= 4 is 5.78 Å². The maximum absolute atomic E-state index is 11.3. The van der Waals surface area contributed by atoms with Crippen LogP contribution in [0.3, 0.4) is 0 Å². The SMILES string of the molecule is C1CCOOOC1.O=C1CCCCCCCCCCC1. The minimum absolute atomic E-state index is 0.501. The molecule has 0 atom stereocenters. The highest BCUT2D eigenvalue weighted by Gasteiger charge is 2.03.